The molecule has 3 amide bonds. The Balaban J connectivity index is 2.28. The first-order chi connectivity index (χ1) is 8.65. The lowest BCUT2D eigenvalue weighted by molar-refractivity contribution is -0.117. The average molecular weight is 271 g/mol. The van der Waals surface area contributed by atoms with Crippen molar-refractivity contribution >= 4 is 23.7 Å². The van der Waals surface area contributed by atoms with E-state index in [0.717, 1.165) is 11.8 Å². The van der Waals surface area contributed by atoms with Gasteiger partial charge in [0.1, 0.15) is 0 Å². The van der Waals surface area contributed by atoms with E-state index < -0.39 is 11.9 Å². The van der Waals surface area contributed by atoms with Crippen LogP contribution in [0.3, 0.4) is 0 Å². The maximum absolute atomic E-state index is 11.3. The molecule has 0 aromatic carbocycles. The molecule has 0 unspecified atom stereocenters. The predicted molar refractivity (Wildman–Crippen MR) is 64.7 cm³/mol. The highest BCUT2D eigenvalue weighted by Crippen LogP contribution is 2.14. The molecule has 98 valence electrons. The highest BCUT2D eigenvalue weighted by atomic mass is 32.2. The largest absolute Gasteiger partial charge is 0.415 e. The molecule has 0 radical (unpaired) electrons. The molecule has 1 aromatic rings. The monoisotopic (exact) mass is 271 g/mol. The fraction of sp³-hybridized carbons (Fsp3) is 0.333. The highest BCUT2D eigenvalue weighted by molar-refractivity contribution is 7.99. The summed E-state index contributed by atoms with van der Waals surface area (Å²) in [4.78, 5) is 22.4. The number of aromatic nitrogens is 2. The van der Waals surface area contributed by atoms with Crippen LogP contribution in [0.4, 0.5) is 4.79 Å². The van der Waals surface area contributed by atoms with E-state index in [0.29, 0.717) is 5.89 Å². The summed E-state index contributed by atoms with van der Waals surface area (Å²) in [6.45, 7) is 3.86. The number of urea groups is 1. The summed E-state index contributed by atoms with van der Waals surface area (Å²) in [5, 5.41) is 12.1. The standard InChI is InChI=1S/C9H13N5O3S/c1-2-3-11-8(16)12-6(15)5-18-9-14-13-7(4-10)17-9/h2H,1,3-5,10H2,(H2,11,12,15,16). The van der Waals surface area contributed by atoms with Gasteiger partial charge in [0, 0.05) is 6.54 Å². The van der Waals surface area contributed by atoms with E-state index in [2.05, 4.69) is 27.4 Å². The van der Waals surface area contributed by atoms with E-state index in [1.807, 2.05) is 0 Å². The topological polar surface area (TPSA) is 123 Å². The molecular weight excluding hydrogens is 258 g/mol. The van der Waals surface area contributed by atoms with Crippen LogP contribution in [0.2, 0.25) is 0 Å². The van der Waals surface area contributed by atoms with Crippen molar-refractivity contribution in [3.63, 3.8) is 0 Å². The number of carbonyl (C=O) groups is 2. The van der Waals surface area contributed by atoms with Crippen LogP contribution >= 0.6 is 11.8 Å². The lowest BCUT2D eigenvalue weighted by Gasteiger charge is -2.03. The van der Waals surface area contributed by atoms with Crippen molar-refractivity contribution in [2.45, 2.75) is 11.8 Å². The molecule has 0 saturated carbocycles. The molecule has 0 atom stereocenters. The third kappa shape index (κ3) is 4.97. The zero-order chi connectivity index (χ0) is 13.4. The molecule has 8 nitrogen and oxygen atoms in total. The normalized spacial score (nSPS) is 9.83. The van der Waals surface area contributed by atoms with E-state index in [-0.39, 0.29) is 24.1 Å². The molecule has 4 N–H and O–H groups in total. The molecule has 9 heteroatoms. The third-order valence-corrected chi connectivity index (χ3v) is 2.43. The molecule has 0 aliphatic rings. The van der Waals surface area contributed by atoms with Gasteiger partial charge in [-0.05, 0) is 0 Å². The van der Waals surface area contributed by atoms with Crippen molar-refractivity contribution in [3.05, 3.63) is 18.5 Å². The lowest BCUT2D eigenvalue weighted by Crippen LogP contribution is -2.40. The van der Waals surface area contributed by atoms with Crippen LogP contribution in [0.25, 0.3) is 0 Å². The van der Waals surface area contributed by atoms with Gasteiger partial charge in [-0.3, -0.25) is 10.1 Å². The van der Waals surface area contributed by atoms with Gasteiger partial charge in [0.2, 0.25) is 11.8 Å². The second kappa shape index (κ2) is 7.45. The SMILES string of the molecule is C=CCNC(=O)NC(=O)CSc1nnc(CN)o1. The molecule has 0 fully saturated rings. The van der Waals surface area contributed by atoms with Gasteiger partial charge in [-0.2, -0.15) is 0 Å². The molecule has 18 heavy (non-hydrogen) atoms. The Morgan fingerprint density at radius 2 is 2.28 bits per heavy atom. The number of carbonyl (C=O) groups excluding carboxylic acids is 2. The van der Waals surface area contributed by atoms with Crippen molar-refractivity contribution in [2.75, 3.05) is 12.3 Å². The van der Waals surface area contributed by atoms with Crippen LogP contribution < -0.4 is 16.4 Å². The number of imide groups is 1. The van der Waals surface area contributed by atoms with Crippen molar-refractivity contribution in [1.82, 2.24) is 20.8 Å². The Morgan fingerprint density at radius 3 is 2.89 bits per heavy atom. The third-order valence-electron chi connectivity index (χ3n) is 1.61. The van der Waals surface area contributed by atoms with Crippen LogP contribution in [0.15, 0.2) is 22.3 Å². The predicted octanol–water partition coefficient (Wildman–Crippen LogP) is -0.368. The Morgan fingerprint density at radius 1 is 1.50 bits per heavy atom. The Labute approximate surface area is 107 Å². The van der Waals surface area contributed by atoms with Crippen LogP contribution in [0.1, 0.15) is 5.89 Å². The minimum atomic E-state index is -0.575. The number of rotatable bonds is 6. The molecule has 0 saturated heterocycles. The first-order valence-corrected chi connectivity index (χ1v) is 5.98. The summed E-state index contributed by atoms with van der Waals surface area (Å²) in [6.07, 6.45) is 1.51. The number of nitrogens with one attached hydrogen (secondary N) is 2. The van der Waals surface area contributed by atoms with E-state index in [1.54, 1.807) is 0 Å². The van der Waals surface area contributed by atoms with Crippen LogP contribution in [0.5, 0.6) is 0 Å². The van der Waals surface area contributed by atoms with Crippen molar-refractivity contribution in [1.29, 1.82) is 0 Å². The fourth-order valence-electron chi connectivity index (χ4n) is 0.878. The maximum Gasteiger partial charge on any atom is 0.321 e. The number of nitrogens with two attached hydrogens (primary N) is 1. The summed E-state index contributed by atoms with van der Waals surface area (Å²) >= 11 is 1.02. The highest BCUT2D eigenvalue weighted by Gasteiger charge is 2.10. The second-order valence-corrected chi connectivity index (χ2v) is 3.93. The maximum atomic E-state index is 11.3. The molecule has 0 spiro atoms. The van der Waals surface area contributed by atoms with Crippen molar-refractivity contribution < 1.29 is 14.0 Å². The van der Waals surface area contributed by atoms with E-state index in [4.69, 9.17) is 10.2 Å². The molecule has 0 bridgehead atoms. The van der Waals surface area contributed by atoms with Crippen LogP contribution in [0, 0.1) is 0 Å². The van der Waals surface area contributed by atoms with Gasteiger partial charge in [0.05, 0.1) is 12.3 Å². The first kappa shape index (κ1) is 14.2. The van der Waals surface area contributed by atoms with E-state index >= 15 is 0 Å². The van der Waals surface area contributed by atoms with Crippen molar-refractivity contribution in [3.8, 4) is 0 Å². The zero-order valence-corrected chi connectivity index (χ0v) is 10.3. The quantitative estimate of drug-likeness (QED) is 0.476. The Hall–Kier alpha value is -1.87. The number of hydrogen-bond acceptors (Lipinski definition) is 7. The van der Waals surface area contributed by atoms with Gasteiger partial charge in [0.15, 0.2) is 0 Å². The van der Waals surface area contributed by atoms with E-state index in [9.17, 15) is 9.59 Å². The molecule has 1 aromatic heterocycles. The van der Waals surface area contributed by atoms with Gasteiger partial charge in [0.25, 0.3) is 5.22 Å². The Bertz CT molecular complexity index is 434. The average Bonchev–Trinajstić information content (AvgIpc) is 2.82. The van der Waals surface area contributed by atoms with Gasteiger partial charge >= 0.3 is 6.03 Å². The summed E-state index contributed by atoms with van der Waals surface area (Å²) in [5.41, 5.74) is 5.29. The second-order valence-electron chi connectivity index (χ2n) is 3.00. The smallest absolute Gasteiger partial charge is 0.321 e. The summed E-state index contributed by atoms with van der Waals surface area (Å²) < 4.78 is 5.08. The summed E-state index contributed by atoms with van der Waals surface area (Å²) in [6, 6.07) is -0.575. The van der Waals surface area contributed by atoms with Gasteiger partial charge < -0.3 is 15.5 Å². The van der Waals surface area contributed by atoms with E-state index in [1.165, 1.54) is 6.08 Å². The zero-order valence-electron chi connectivity index (χ0n) is 9.51. The number of nitrogens with zero attached hydrogens (tertiary/aromatic N) is 2. The molecule has 1 rings (SSSR count). The van der Waals surface area contributed by atoms with Gasteiger partial charge in [-0.25, -0.2) is 4.79 Å². The molecule has 1 heterocycles. The number of hydrogen-bond donors (Lipinski definition) is 3. The lowest BCUT2D eigenvalue weighted by atomic mass is 10.6. The van der Waals surface area contributed by atoms with Gasteiger partial charge in [-0.15, -0.1) is 16.8 Å². The number of amides is 3. The minimum absolute atomic E-state index is 0.00624. The van der Waals surface area contributed by atoms with Gasteiger partial charge in [-0.1, -0.05) is 17.8 Å². The number of thioether (sulfide) groups is 1. The molecule has 0 aliphatic heterocycles. The molecule has 0 aliphatic carbocycles. The Kier molecular flexibility index (Phi) is 5.88. The van der Waals surface area contributed by atoms with Crippen LogP contribution in [-0.4, -0.2) is 34.4 Å². The fourth-order valence-corrected chi connectivity index (χ4v) is 1.46. The molecular formula is C9H13N5O3S. The first-order valence-electron chi connectivity index (χ1n) is 4.99. The summed E-state index contributed by atoms with van der Waals surface area (Å²) in [7, 11) is 0. The minimum Gasteiger partial charge on any atom is -0.415 e. The summed E-state index contributed by atoms with van der Waals surface area (Å²) in [5.74, 6) is -0.177. The van der Waals surface area contributed by atoms with Crippen LogP contribution in [-0.2, 0) is 11.3 Å². The van der Waals surface area contributed by atoms with Crippen molar-refractivity contribution in [2.24, 2.45) is 5.73 Å².